The van der Waals surface area contributed by atoms with Crippen LogP contribution in [0.25, 0.3) is 16.7 Å². The summed E-state index contributed by atoms with van der Waals surface area (Å²) in [6.07, 6.45) is 4.76. The minimum atomic E-state index is -0.811. The summed E-state index contributed by atoms with van der Waals surface area (Å²) in [5, 5.41) is 0.285. The Morgan fingerprint density at radius 2 is 1.79 bits per heavy atom. The number of hydrogen-bond donors (Lipinski definition) is 0. The van der Waals surface area contributed by atoms with Crippen LogP contribution in [0.3, 0.4) is 0 Å². The topological polar surface area (TPSA) is 87.1 Å². The van der Waals surface area contributed by atoms with Crippen LogP contribution in [-0.4, -0.2) is 20.4 Å². The molecule has 8 heteroatoms. The van der Waals surface area contributed by atoms with Crippen molar-refractivity contribution in [2.75, 3.05) is 6.26 Å². The van der Waals surface area contributed by atoms with E-state index in [9.17, 15) is 14.4 Å². The van der Waals surface area contributed by atoms with Gasteiger partial charge < -0.3 is 4.42 Å². The quantitative estimate of drug-likeness (QED) is 0.484. The third-order valence-electron chi connectivity index (χ3n) is 4.78. The third kappa shape index (κ3) is 3.21. The summed E-state index contributed by atoms with van der Waals surface area (Å²) in [6.45, 7) is 1.62. The summed E-state index contributed by atoms with van der Waals surface area (Å²) in [4.78, 5) is 44.0. The van der Waals surface area contributed by atoms with E-state index in [4.69, 9.17) is 4.42 Å². The zero-order chi connectivity index (χ0) is 20.5. The molecule has 0 aliphatic carbocycles. The smallest absolute Gasteiger partial charge is 0.340 e. The highest BCUT2D eigenvalue weighted by Crippen LogP contribution is 2.19. The highest BCUT2D eigenvalue weighted by atomic mass is 32.2. The van der Waals surface area contributed by atoms with E-state index in [0.717, 1.165) is 9.46 Å². The Bertz CT molecular complexity index is 1370. The molecule has 0 spiro atoms. The lowest BCUT2D eigenvalue weighted by atomic mass is 10.1. The molecule has 4 aromatic rings. The zero-order valence-corrected chi connectivity index (χ0v) is 16.6. The molecule has 0 aliphatic heterocycles. The van der Waals surface area contributed by atoms with Crippen molar-refractivity contribution in [3.63, 3.8) is 0 Å². The monoisotopic (exact) mass is 407 g/mol. The molecular formula is C21H17N3O4S. The molecule has 1 atom stereocenters. The summed E-state index contributed by atoms with van der Waals surface area (Å²) in [7, 11) is 0. The van der Waals surface area contributed by atoms with Gasteiger partial charge in [0.05, 0.1) is 28.9 Å². The number of benzene rings is 1. The first-order chi connectivity index (χ1) is 14.0. The molecule has 3 heterocycles. The minimum Gasteiger partial charge on any atom is -0.431 e. The number of rotatable bonds is 4. The first-order valence-corrected chi connectivity index (χ1v) is 10.1. The zero-order valence-electron chi connectivity index (χ0n) is 15.7. The number of hydrogen-bond acceptors (Lipinski definition) is 6. The van der Waals surface area contributed by atoms with Crippen LogP contribution in [0.1, 0.15) is 18.5 Å². The third-order valence-corrected chi connectivity index (χ3v) is 5.52. The first kappa shape index (κ1) is 18.9. The van der Waals surface area contributed by atoms with Gasteiger partial charge in [-0.15, -0.1) is 11.8 Å². The second-order valence-electron chi connectivity index (χ2n) is 6.40. The fourth-order valence-corrected chi connectivity index (χ4v) is 3.70. The standard InChI is InChI=1S/C21H17N3O4S/c1-13(16-6-4-12-28-20(16)26)23-19(25)17-5-3-11-22-18(17)24(21(23)27)14-7-9-15(29-2)10-8-14/h3-13H,1-2H3. The molecule has 0 aliphatic rings. The lowest BCUT2D eigenvalue weighted by Crippen LogP contribution is -2.42. The van der Waals surface area contributed by atoms with Crippen LogP contribution in [0.5, 0.6) is 0 Å². The van der Waals surface area contributed by atoms with E-state index in [-0.39, 0.29) is 16.6 Å². The molecule has 0 N–H and O–H groups in total. The normalized spacial score (nSPS) is 12.2. The molecule has 29 heavy (non-hydrogen) atoms. The summed E-state index contributed by atoms with van der Waals surface area (Å²) in [5.41, 5.74) is -0.604. The van der Waals surface area contributed by atoms with Crippen LogP contribution >= 0.6 is 11.8 Å². The van der Waals surface area contributed by atoms with Crippen LogP contribution in [0.15, 0.2) is 84.7 Å². The second kappa shape index (κ2) is 7.56. The summed E-state index contributed by atoms with van der Waals surface area (Å²) >= 11 is 1.59. The molecular weight excluding hydrogens is 390 g/mol. The molecule has 0 fully saturated rings. The molecule has 0 amide bonds. The van der Waals surface area contributed by atoms with Gasteiger partial charge in [-0.25, -0.2) is 19.1 Å². The van der Waals surface area contributed by atoms with Gasteiger partial charge in [0, 0.05) is 11.1 Å². The summed E-state index contributed by atoms with van der Waals surface area (Å²) < 4.78 is 7.37. The Morgan fingerprint density at radius 1 is 1.03 bits per heavy atom. The SMILES string of the molecule is CSc1ccc(-n2c(=O)n(C(C)c3cccoc3=O)c(=O)c3cccnc32)cc1. The molecule has 146 valence electrons. The fourth-order valence-electron chi connectivity index (χ4n) is 3.29. The lowest BCUT2D eigenvalue weighted by Gasteiger charge is -2.17. The van der Waals surface area contributed by atoms with Gasteiger partial charge in [-0.3, -0.25) is 9.36 Å². The van der Waals surface area contributed by atoms with Crippen molar-refractivity contribution in [3.8, 4) is 5.69 Å². The van der Waals surface area contributed by atoms with Crippen LogP contribution in [0.4, 0.5) is 0 Å². The average molecular weight is 407 g/mol. The molecule has 3 aromatic heterocycles. The van der Waals surface area contributed by atoms with Gasteiger partial charge in [0.25, 0.3) is 5.56 Å². The maximum absolute atomic E-state index is 13.4. The van der Waals surface area contributed by atoms with Gasteiger partial charge in [0.2, 0.25) is 0 Å². The maximum Gasteiger partial charge on any atom is 0.340 e. The van der Waals surface area contributed by atoms with Crippen molar-refractivity contribution in [3.05, 3.63) is 97.8 Å². The Morgan fingerprint density at radius 3 is 2.48 bits per heavy atom. The highest BCUT2D eigenvalue weighted by molar-refractivity contribution is 7.98. The average Bonchev–Trinajstić information content (AvgIpc) is 2.74. The largest absolute Gasteiger partial charge is 0.431 e. The minimum absolute atomic E-state index is 0.222. The molecule has 1 aromatic carbocycles. The molecule has 0 saturated heterocycles. The van der Waals surface area contributed by atoms with Gasteiger partial charge in [0.1, 0.15) is 0 Å². The van der Waals surface area contributed by atoms with Gasteiger partial charge in [-0.1, -0.05) is 0 Å². The number of thioether (sulfide) groups is 1. The van der Waals surface area contributed by atoms with Crippen molar-refractivity contribution < 1.29 is 4.42 Å². The van der Waals surface area contributed by atoms with Crippen molar-refractivity contribution in [1.29, 1.82) is 0 Å². The number of fused-ring (bicyclic) bond motifs is 1. The first-order valence-electron chi connectivity index (χ1n) is 8.87. The van der Waals surface area contributed by atoms with Gasteiger partial charge in [-0.05, 0) is 61.7 Å². The summed E-state index contributed by atoms with van der Waals surface area (Å²) in [6, 6.07) is 12.9. The Kier molecular flexibility index (Phi) is 4.94. The van der Waals surface area contributed by atoms with E-state index in [1.807, 2.05) is 18.4 Å². The number of nitrogens with zero attached hydrogens (tertiary/aromatic N) is 3. The van der Waals surface area contributed by atoms with Crippen molar-refractivity contribution >= 4 is 22.8 Å². The number of aromatic nitrogens is 3. The van der Waals surface area contributed by atoms with Gasteiger partial charge in [-0.2, -0.15) is 0 Å². The van der Waals surface area contributed by atoms with Crippen LogP contribution in [-0.2, 0) is 0 Å². The van der Waals surface area contributed by atoms with Crippen LogP contribution < -0.4 is 16.9 Å². The van der Waals surface area contributed by atoms with Gasteiger partial charge in [0.15, 0.2) is 5.65 Å². The molecule has 0 bridgehead atoms. The molecule has 1 unspecified atom stereocenters. The van der Waals surface area contributed by atoms with E-state index in [1.54, 1.807) is 55.1 Å². The predicted molar refractivity (Wildman–Crippen MR) is 112 cm³/mol. The molecule has 7 nitrogen and oxygen atoms in total. The summed E-state index contributed by atoms with van der Waals surface area (Å²) in [5.74, 6) is 0. The Balaban J connectivity index is 2.06. The second-order valence-corrected chi connectivity index (χ2v) is 7.28. The molecule has 4 rings (SSSR count). The van der Waals surface area contributed by atoms with E-state index < -0.39 is 22.9 Å². The fraction of sp³-hybridized carbons (Fsp3) is 0.143. The van der Waals surface area contributed by atoms with E-state index in [0.29, 0.717) is 5.69 Å². The Labute approximate surface area is 169 Å². The molecule has 0 saturated carbocycles. The maximum atomic E-state index is 13.4. The van der Waals surface area contributed by atoms with E-state index >= 15 is 0 Å². The van der Waals surface area contributed by atoms with Crippen molar-refractivity contribution in [2.45, 2.75) is 17.9 Å². The predicted octanol–water partition coefficient (Wildman–Crippen LogP) is 2.83. The number of pyridine rings is 1. The highest BCUT2D eigenvalue weighted by Gasteiger charge is 2.22. The lowest BCUT2D eigenvalue weighted by molar-refractivity contribution is 0.476. The van der Waals surface area contributed by atoms with Gasteiger partial charge >= 0.3 is 11.3 Å². The van der Waals surface area contributed by atoms with E-state index in [2.05, 4.69) is 4.98 Å². The molecule has 0 radical (unpaired) electrons. The van der Waals surface area contributed by atoms with Crippen molar-refractivity contribution in [2.24, 2.45) is 0 Å². The van der Waals surface area contributed by atoms with Crippen LogP contribution in [0, 0.1) is 0 Å². The Hall–Kier alpha value is -3.39. The van der Waals surface area contributed by atoms with Crippen LogP contribution in [0.2, 0.25) is 0 Å². The van der Waals surface area contributed by atoms with Crippen molar-refractivity contribution in [1.82, 2.24) is 14.1 Å². The van der Waals surface area contributed by atoms with E-state index in [1.165, 1.54) is 17.0 Å².